The number of nitrogens with one attached hydrogen (secondary N) is 1. The number of rotatable bonds is 3. The van der Waals surface area contributed by atoms with Gasteiger partial charge >= 0.3 is 4.87 Å². The molecule has 8 nitrogen and oxygen atoms in total. The van der Waals surface area contributed by atoms with Gasteiger partial charge in [0.15, 0.2) is 0 Å². The molecule has 1 aliphatic rings. The lowest BCUT2D eigenvalue weighted by Crippen LogP contribution is -2.29. The monoisotopic (exact) mass is 381 g/mol. The van der Waals surface area contributed by atoms with Crippen molar-refractivity contribution in [3.05, 3.63) is 79.2 Å². The zero-order chi connectivity index (χ0) is 19.1. The first-order valence-electron chi connectivity index (χ1n) is 7.74. The smallest absolute Gasteiger partial charge is 0.329 e. The van der Waals surface area contributed by atoms with Crippen molar-refractivity contribution in [2.45, 2.75) is 0 Å². The fourth-order valence-corrected chi connectivity index (χ4v) is 3.62. The van der Waals surface area contributed by atoms with E-state index in [1.807, 2.05) is 0 Å². The predicted molar refractivity (Wildman–Crippen MR) is 96.8 cm³/mol. The number of benzene rings is 2. The number of aromatic hydroxyl groups is 2. The molecular weight excluding hydrogens is 370 g/mol. The molecule has 2 amide bonds. The lowest BCUT2D eigenvalue weighted by Gasteiger charge is -2.08. The Hall–Kier alpha value is -3.72. The topological polar surface area (TPSA) is 121 Å². The summed E-state index contributed by atoms with van der Waals surface area (Å²) in [6.45, 7) is 0. The summed E-state index contributed by atoms with van der Waals surface area (Å²) >= 11 is 0.609. The van der Waals surface area contributed by atoms with Crippen LogP contribution in [-0.2, 0) is 4.79 Å². The minimum atomic E-state index is -0.789. The van der Waals surface area contributed by atoms with Gasteiger partial charge in [0.1, 0.15) is 10.6 Å². The summed E-state index contributed by atoms with van der Waals surface area (Å²) in [4.78, 5) is 40.0. The summed E-state index contributed by atoms with van der Waals surface area (Å²) in [6.07, 6.45) is 0. The van der Waals surface area contributed by atoms with E-state index < -0.39 is 22.6 Å². The number of nitrogens with zero attached hydrogens (tertiary/aromatic N) is 2. The maximum absolute atomic E-state index is 12.3. The number of hydrogen-bond donors (Lipinski definition) is 3. The second-order valence-electron chi connectivity index (χ2n) is 5.62. The Morgan fingerprint density at radius 3 is 2.52 bits per heavy atom. The van der Waals surface area contributed by atoms with E-state index in [0.717, 1.165) is 0 Å². The van der Waals surface area contributed by atoms with Crippen molar-refractivity contribution in [2.24, 2.45) is 4.99 Å². The first-order chi connectivity index (χ1) is 13.0. The molecule has 0 fully saturated rings. The highest BCUT2D eigenvalue weighted by atomic mass is 32.1. The standard InChI is InChI=1S/C18H11N3O5S/c22-12-8-4-2-6-10(12)15(23)20-21-17(25)14(27-18(21)26)13-9-5-1-3-7-11(9)19-16(13)24/h1-8,22,25H,(H,20,23). The molecule has 3 aromatic rings. The van der Waals surface area contributed by atoms with Gasteiger partial charge in [-0.1, -0.05) is 41.7 Å². The van der Waals surface area contributed by atoms with Crippen molar-refractivity contribution in [3.8, 4) is 11.6 Å². The summed E-state index contributed by atoms with van der Waals surface area (Å²) in [7, 11) is 0. The van der Waals surface area contributed by atoms with Crippen molar-refractivity contribution in [3.63, 3.8) is 0 Å². The first-order valence-corrected chi connectivity index (χ1v) is 8.56. The largest absolute Gasteiger partial charge is 0.507 e. The molecule has 134 valence electrons. The fraction of sp³-hybridized carbons (Fsp3) is 0. The van der Waals surface area contributed by atoms with Crippen molar-refractivity contribution in [2.75, 3.05) is 5.43 Å². The number of aromatic nitrogens is 1. The Bertz CT molecular complexity index is 1290. The normalized spacial score (nSPS) is 12.6. The van der Waals surface area contributed by atoms with Gasteiger partial charge in [-0.25, -0.2) is 4.99 Å². The Kier molecular flexibility index (Phi) is 3.85. The molecule has 1 aromatic heterocycles. The van der Waals surface area contributed by atoms with Crippen LogP contribution in [0.2, 0.25) is 0 Å². The number of fused-ring (bicyclic) bond motifs is 1. The van der Waals surface area contributed by atoms with Gasteiger partial charge in [0.05, 0.1) is 16.5 Å². The van der Waals surface area contributed by atoms with Crippen LogP contribution >= 0.6 is 11.3 Å². The number of phenols is 1. The van der Waals surface area contributed by atoms with Gasteiger partial charge in [0.2, 0.25) is 5.88 Å². The first kappa shape index (κ1) is 16.7. The zero-order valence-corrected chi connectivity index (χ0v) is 14.4. The molecule has 0 radical (unpaired) electrons. The predicted octanol–water partition coefficient (Wildman–Crippen LogP) is 0.0637. The minimum absolute atomic E-state index is 0.0104. The molecule has 9 heteroatoms. The third kappa shape index (κ3) is 2.70. The summed E-state index contributed by atoms with van der Waals surface area (Å²) in [5.41, 5.74) is 2.26. The maximum Gasteiger partial charge on any atom is 0.329 e. The van der Waals surface area contributed by atoms with Crippen molar-refractivity contribution in [1.29, 1.82) is 0 Å². The van der Waals surface area contributed by atoms with Gasteiger partial charge in [-0.3, -0.25) is 19.8 Å². The van der Waals surface area contributed by atoms with Crippen molar-refractivity contribution in [1.82, 2.24) is 4.68 Å². The number of amides is 2. The zero-order valence-electron chi connectivity index (χ0n) is 13.5. The maximum atomic E-state index is 12.3. The van der Waals surface area contributed by atoms with E-state index in [1.165, 1.54) is 12.1 Å². The second kappa shape index (κ2) is 6.22. The number of carbonyl (C=O) groups excluding carboxylic acids is 2. The molecule has 1 aliphatic heterocycles. The summed E-state index contributed by atoms with van der Waals surface area (Å²) in [6, 6.07) is 12.5. The molecule has 0 atom stereocenters. The third-order valence-corrected chi connectivity index (χ3v) is 4.93. The van der Waals surface area contributed by atoms with E-state index in [9.17, 15) is 24.6 Å². The molecule has 2 aromatic carbocycles. The van der Waals surface area contributed by atoms with Gasteiger partial charge in [0.25, 0.3) is 11.8 Å². The average molecular weight is 381 g/mol. The SMILES string of the molecule is O=C1N=c2ccccc2=C1c1sc(=O)n(NC(=O)c2ccccc2O)c1O. The van der Waals surface area contributed by atoms with Crippen LogP contribution in [0.4, 0.5) is 0 Å². The number of phenolic OH excluding ortho intramolecular Hbond substituents is 1. The number of para-hydroxylation sites is 2. The molecule has 0 aliphatic carbocycles. The van der Waals surface area contributed by atoms with Gasteiger partial charge in [-0.15, -0.1) is 0 Å². The second-order valence-corrected chi connectivity index (χ2v) is 6.58. The van der Waals surface area contributed by atoms with E-state index in [0.29, 0.717) is 26.6 Å². The van der Waals surface area contributed by atoms with Crippen LogP contribution in [0.3, 0.4) is 0 Å². The summed E-state index contributed by atoms with van der Waals surface area (Å²) in [5, 5.41) is 21.2. The van der Waals surface area contributed by atoms with E-state index in [-0.39, 0.29) is 21.8 Å². The molecule has 0 spiro atoms. The van der Waals surface area contributed by atoms with Crippen LogP contribution in [0.15, 0.2) is 58.3 Å². The lowest BCUT2D eigenvalue weighted by atomic mass is 10.1. The number of carbonyl (C=O) groups is 2. The molecule has 0 unspecified atom stereocenters. The Labute approximate surface area is 155 Å². The summed E-state index contributed by atoms with van der Waals surface area (Å²) < 4.78 is 0.635. The Balaban J connectivity index is 1.80. The Morgan fingerprint density at radius 2 is 1.74 bits per heavy atom. The summed E-state index contributed by atoms with van der Waals surface area (Å²) in [5.74, 6) is -2.22. The molecule has 0 saturated heterocycles. The van der Waals surface area contributed by atoms with Crippen LogP contribution in [-0.4, -0.2) is 26.7 Å². The van der Waals surface area contributed by atoms with Gasteiger partial charge < -0.3 is 10.2 Å². The van der Waals surface area contributed by atoms with Crippen LogP contribution in [0.25, 0.3) is 5.57 Å². The van der Waals surface area contributed by atoms with Crippen LogP contribution in [0.5, 0.6) is 11.6 Å². The molecular formula is C18H11N3O5S. The molecule has 4 rings (SSSR count). The number of hydrogen-bond acceptors (Lipinski definition) is 6. The van der Waals surface area contributed by atoms with Gasteiger partial charge in [0, 0.05) is 5.22 Å². The highest BCUT2D eigenvalue weighted by molar-refractivity contribution is 7.11. The average Bonchev–Trinajstić information content (AvgIpc) is 3.12. The van der Waals surface area contributed by atoms with E-state index in [1.54, 1.807) is 36.4 Å². The van der Waals surface area contributed by atoms with Crippen LogP contribution < -0.4 is 20.9 Å². The van der Waals surface area contributed by atoms with Crippen LogP contribution in [0.1, 0.15) is 15.2 Å². The van der Waals surface area contributed by atoms with Crippen molar-refractivity contribution < 1.29 is 19.8 Å². The molecule has 3 N–H and O–H groups in total. The quantitative estimate of drug-likeness (QED) is 0.593. The molecule has 27 heavy (non-hydrogen) atoms. The van der Waals surface area contributed by atoms with Crippen molar-refractivity contribution >= 4 is 28.7 Å². The van der Waals surface area contributed by atoms with Gasteiger partial charge in [-0.2, -0.15) is 4.68 Å². The van der Waals surface area contributed by atoms with Gasteiger partial charge in [-0.05, 0) is 18.2 Å². The molecule has 2 heterocycles. The molecule has 0 bridgehead atoms. The van der Waals surface area contributed by atoms with E-state index in [4.69, 9.17) is 0 Å². The van der Waals surface area contributed by atoms with E-state index >= 15 is 0 Å². The third-order valence-electron chi connectivity index (χ3n) is 3.99. The van der Waals surface area contributed by atoms with Crippen LogP contribution in [0, 0.1) is 0 Å². The lowest BCUT2D eigenvalue weighted by molar-refractivity contribution is -0.112. The Morgan fingerprint density at radius 1 is 1.04 bits per heavy atom. The molecule has 0 saturated carbocycles. The highest BCUT2D eigenvalue weighted by Crippen LogP contribution is 2.27. The number of thiazole rings is 1. The minimum Gasteiger partial charge on any atom is -0.507 e. The fourth-order valence-electron chi connectivity index (χ4n) is 2.74. The van der Waals surface area contributed by atoms with E-state index in [2.05, 4.69) is 10.4 Å². The highest BCUT2D eigenvalue weighted by Gasteiger charge is 2.27.